The summed E-state index contributed by atoms with van der Waals surface area (Å²) in [6.45, 7) is 0. The zero-order valence-electron chi connectivity index (χ0n) is 13.0. The molecular weight excluding hydrogens is 446 g/mol. The van der Waals surface area contributed by atoms with Crippen molar-refractivity contribution in [3.05, 3.63) is 92.4 Å². The van der Waals surface area contributed by atoms with Crippen molar-refractivity contribution in [3.8, 4) is 5.75 Å². The van der Waals surface area contributed by atoms with E-state index in [4.69, 9.17) is 0 Å². The molecule has 0 atom stereocenters. The molecule has 1 N–H and O–H groups in total. The summed E-state index contributed by atoms with van der Waals surface area (Å²) in [4.78, 5) is 16.7. The van der Waals surface area contributed by atoms with Gasteiger partial charge in [0.25, 0.3) is 0 Å². The van der Waals surface area contributed by atoms with Gasteiger partial charge in [-0.2, -0.15) is 0 Å². The molecular formula is C20H13Br2NO2. The number of benzene rings is 3. The van der Waals surface area contributed by atoms with E-state index in [0.717, 1.165) is 4.47 Å². The van der Waals surface area contributed by atoms with E-state index in [0.29, 0.717) is 26.9 Å². The molecule has 3 aromatic carbocycles. The molecule has 0 fully saturated rings. The SMILES string of the molecule is O=C(c1ccccc1)c1ccc(N=Cc2cc(Br)cc(Br)c2O)cc1. The summed E-state index contributed by atoms with van der Waals surface area (Å²) in [6, 6.07) is 19.7. The van der Waals surface area contributed by atoms with Gasteiger partial charge >= 0.3 is 0 Å². The van der Waals surface area contributed by atoms with E-state index in [1.807, 2.05) is 18.2 Å². The Kier molecular flexibility index (Phi) is 5.46. The van der Waals surface area contributed by atoms with Crippen LogP contribution >= 0.6 is 31.9 Å². The Morgan fingerprint density at radius 3 is 2.24 bits per heavy atom. The fourth-order valence-corrected chi connectivity index (χ4v) is 3.54. The number of phenolic OH excluding ortho intramolecular Hbond substituents is 1. The number of aromatic hydroxyl groups is 1. The normalized spacial score (nSPS) is 11.0. The highest BCUT2D eigenvalue weighted by molar-refractivity contribution is 9.11. The third-order valence-corrected chi connectivity index (χ3v) is 4.64. The standard InChI is InChI=1S/C20H13Br2NO2/c21-16-10-15(20(25)18(22)11-16)12-23-17-8-6-14(7-9-17)19(24)13-4-2-1-3-5-13/h1-12,25H. The Bertz CT molecular complexity index is 936. The first-order valence-electron chi connectivity index (χ1n) is 7.46. The molecule has 0 saturated carbocycles. The lowest BCUT2D eigenvalue weighted by Gasteiger charge is -2.03. The van der Waals surface area contributed by atoms with Crippen molar-refractivity contribution in [1.29, 1.82) is 0 Å². The topological polar surface area (TPSA) is 49.7 Å². The van der Waals surface area contributed by atoms with E-state index in [1.54, 1.807) is 54.7 Å². The maximum Gasteiger partial charge on any atom is 0.193 e. The highest BCUT2D eigenvalue weighted by atomic mass is 79.9. The highest BCUT2D eigenvalue weighted by Crippen LogP contribution is 2.31. The van der Waals surface area contributed by atoms with Crippen LogP contribution in [0.3, 0.4) is 0 Å². The van der Waals surface area contributed by atoms with Gasteiger partial charge in [-0.3, -0.25) is 9.79 Å². The first-order valence-corrected chi connectivity index (χ1v) is 9.05. The molecule has 0 amide bonds. The zero-order valence-corrected chi connectivity index (χ0v) is 16.2. The second-order valence-corrected chi connectivity index (χ2v) is 7.10. The molecule has 124 valence electrons. The number of hydrogen-bond acceptors (Lipinski definition) is 3. The molecule has 3 aromatic rings. The lowest BCUT2D eigenvalue weighted by atomic mass is 10.0. The summed E-state index contributed by atoms with van der Waals surface area (Å²) in [7, 11) is 0. The highest BCUT2D eigenvalue weighted by Gasteiger charge is 2.08. The summed E-state index contributed by atoms with van der Waals surface area (Å²) < 4.78 is 1.43. The molecule has 0 bridgehead atoms. The fourth-order valence-electron chi connectivity index (χ4n) is 2.28. The van der Waals surface area contributed by atoms with Crippen molar-refractivity contribution in [2.75, 3.05) is 0 Å². The van der Waals surface area contributed by atoms with E-state index >= 15 is 0 Å². The van der Waals surface area contributed by atoms with Gasteiger partial charge in [-0.05, 0) is 52.3 Å². The van der Waals surface area contributed by atoms with Crippen LogP contribution in [0.4, 0.5) is 5.69 Å². The molecule has 0 unspecified atom stereocenters. The Morgan fingerprint density at radius 1 is 0.920 bits per heavy atom. The molecule has 5 heteroatoms. The zero-order chi connectivity index (χ0) is 17.8. The molecule has 0 aliphatic carbocycles. The largest absolute Gasteiger partial charge is 0.506 e. The Labute approximate surface area is 162 Å². The molecule has 3 rings (SSSR count). The smallest absolute Gasteiger partial charge is 0.193 e. The average Bonchev–Trinajstić information content (AvgIpc) is 2.64. The second kappa shape index (κ2) is 7.76. The van der Waals surface area contributed by atoms with Gasteiger partial charge in [-0.25, -0.2) is 0 Å². The van der Waals surface area contributed by atoms with Gasteiger partial charge in [0.1, 0.15) is 5.75 Å². The van der Waals surface area contributed by atoms with E-state index in [-0.39, 0.29) is 11.5 Å². The van der Waals surface area contributed by atoms with E-state index in [2.05, 4.69) is 36.9 Å². The van der Waals surface area contributed by atoms with Crippen molar-refractivity contribution in [1.82, 2.24) is 0 Å². The molecule has 0 aliphatic heterocycles. The summed E-state index contributed by atoms with van der Waals surface area (Å²) in [5.41, 5.74) is 2.55. The molecule has 0 radical (unpaired) electrons. The lowest BCUT2D eigenvalue weighted by molar-refractivity contribution is 0.103. The number of carbonyl (C=O) groups is 1. The Balaban J connectivity index is 1.81. The maximum absolute atomic E-state index is 12.4. The average molecular weight is 459 g/mol. The summed E-state index contributed by atoms with van der Waals surface area (Å²) >= 11 is 6.67. The minimum absolute atomic E-state index is 0.0234. The Morgan fingerprint density at radius 2 is 1.56 bits per heavy atom. The van der Waals surface area contributed by atoms with Crippen LogP contribution in [0.5, 0.6) is 5.75 Å². The van der Waals surface area contributed by atoms with E-state index in [1.165, 1.54) is 0 Å². The monoisotopic (exact) mass is 457 g/mol. The van der Waals surface area contributed by atoms with Gasteiger partial charge in [0.15, 0.2) is 5.78 Å². The summed E-state index contributed by atoms with van der Waals surface area (Å²) in [5.74, 6) is 0.104. The van der Waals surface area contributed by atoms with Crippen LogP contribution in [0.2, 0.25) is 0 Å². The first-order chi connectivity index (χ1) is 12.0. The quantitative estimate of drug-likeness (QED) is 0.391. The fraction of sp³-hybridized carbons (Fsp3) is 0. The number of halogens is 2. The van der Waals surface area contributed by atoms with Gasteiger partial charge in [0, 0.05) is 27.4 Å². The van der Waals surface area contributed by atoms with Crippen molar-refractivity contribution in [3.63, 3.8) is 0 Å². The van der Waals surface area contributed by atoms with Crippen LogP contribution in [-0.4, -0.2) is 17.1 Å². The number of nitrogens with zero attached hydrogens (tertiary/aromatic N) is 1. The predicted molar refractivity (Wildman–Crippen MR) is 107 cm³/mol. The van der Waals surface area contributed by atoms with Crippen molar-refractivity contribution >= 4 is 49.5 Å². The third-order valence-electron chi connectivity index (χ3n) is 3.58. The van der Waals surface area contributed by atoms with E-state index < -0.39 is 0 Å². The molecule has 0 saturated heterocycles. The number of ketones is 1. The molecule has 0 aromatic heterocycles. The van der Waals surface area contributed by atoms with Gasteiger partial charge < -0.3 is 5.11 Å². The molecule has 0 spiro atoms. The van der Waals surface area contributed by atoms with Gasteiger partial charge in [-0.15, -0.1) is 0 Å². The van der Waals surface area contributed by atoms with Crippen molar-refractivity contribution in [2.24, 2.45) is 4.99 Å². The van der Waals surface area contributed by atoms with Gasteiger partial charge in [0.2, 0.25) is 0 Å². The van der Waals surface area contributed by atoms with Crippen molar-refractivity contribution < 1.29 is 9.90 Å². The van der Waals surface area contributed by atoms with Crippen LogP contribution < -0.4 is 0 Å². The Hall–Kier alpha value is -2.24. The van der Waals surface area contributed by atoms with Crippen LogP contribution in [0.25, 0.3) is 0 Å². The van der Waals surface area contributed by atoms with Gasteiger partial charge in [-0.1, -0.05) is 46.3 Å². The molecule has 0 heterocycles. The van der Waals surface area contributed by atoms with Crippen LogP contribution in [0.1, 0.15) is 21.5 Å². The molecule has 25 heavy (non-hydrogen) atoms. The third kappa shape index (κ3) is 4.24. The number of rotatable bonds is 4. The number of hydrogen-bond donors (Lipinski definition) is 1. The van der Waals surface area contributed by atoms with Gasteiger partial charge in [0.05, 0.1) is 10.2 Å². The first kappa shape index (κ1) is 17.6. The maximum atomic E-state index is 12.4. The summed E-state index contributed by atoms with van der Waals surface area (Å²) in [6.07, 6.45) is 1.58. The second-order valence-electron chi connectivity index (χ2n) is 5.33. The molecule has 3 nitrogen and oxygen atoms in total. The van der Waals surface area contributed by atoms with Crippen molar-refractivity contribution in [2.45, 2.75) is 0 Å². The predicted octanol–water partition coefficient (Wildman–Crippen LogP) is 5.90. The van der Waals surface area contributed by atoms with Crippen LogP contribution in [-0.2, 0) is 0 Å². The van der Waals surface area contributed by atoms with E-state index in [9.17, 15) is 9.90 Å². The van der Waals surface area contributed by atoms with Crippen LogP contribution in [0, 0.1) is 0 Å². The minimum atomic E-state index is -0.0234. The summed E-state index contributed by atoms with van der Waals surface area (Å²) in [5, 5.41) is 10.0. The minimum Gasteiger partial charge on any atom is -0.506 e. The lowest BCUT2D eigenvalue weighted by Crippen LogP contribution is -2.00. The molecule has 0 aliphatic rings. The van der Waals surface area contributed by atoms with Crippen LogP contribution in [0.15, 0.2) is 80.7 Å². The number of carbonyl (C=O) groups excluding carboxylic acids is 1. The number of aliphatic imine (C=N–C) groups is 1. The number of phenols is 1.